The van der Waals surface area contributed by atoms with Gasteiger partial charge in [-0.15, -0.1) is 5.10 Å². The third-order valence-corrected chi connectivity index (χ3v) is 6.09. The fourth-order valence-corrected chi connectivity index (χ4v) is 5.15. The second kappa shape index (κ2) is 4.61. The van der Waals surface area contributed by atoms with E-state index in [0.717, 1.165) is 26.6 Å². The van der Waals surface area contributed by atoms with E-state index in [1.807, 2.05) is 54.6 Å². The molecule has 1 aliphatic heterocycles. The zero-order valence-electron chi connectivity index (χ0n) is 10.4. The molecule has 2 atom stereocenters. The number of rotatable bonds is 1. The van der Waals surface area contributed by atoms with Gasteiger partial charge in [-0.3, -0.25) is 4.21 Å². The monoisotopic (exact) mass is 298 g/mol. The van der Waals surface area contributed by atoms with E-state index < -0.39 is 10.8 Å². The summed E-state index contributed by atoms with van der Waals surface area (Å²) in [6.07, 6.45) is 0. The molecule has 0 amide bonds. The fraction of sp³-hybridized carbons (Fsp3) is 0.0667. The van der Waals surface area contributed by atoms with Gasteiger partial charge < -0.3 is 0 Å². The van der Waals surface area contributed by atoms with Gasteiger partial charge in [0.1, 0.15) is 10.9 Å². The molecule has 2 heterocycles. The van der Waals surface area contributed by atoms with Gasteiger partial charge in [0.25, 0.3) is 0 Å². The van der Waals surface area contributed by atoms with Crippen molar-refractivity contribution >= 4 is 22.3 Å². The van der Waals surface area contributed by atoms with Crippen molar-refractivity contribution < 1.29 is 4.21 Å². The molecule has 1 aromatic heterocycles. The van der Waals surface area contributed by atoms with E-state index in [9.17, 15) is 4.21 Å². The molecule has 0 saturated heterocycles. The summed E-state index contributed by atoms with van der Waals surface area (Å²) in [6, 6.07) is 17.7. The van der Waals surface area contributed by atoms with E-state index in [1.54, 1.807) is 0 Å². The zero-order chi connectivity index (χ0) is 13.5. The molecule has 0 bridgehead atoms. The number of benzene rings is 2. The molecule has 3 aromatic rings. The van der Waals surface area contributed by atoms with E-state index in [4.69, 9.17) is 0 Å². The average Bonchev–Trinajstić information content (AvgIpc) is 2.98. The van der Waals surface area contributed by atoms with E-state index in [-0.39, 0.29) is 5.25 Å². The van der Waals surface area contributed by atoms with Gasteiger partial charge in [0, 0.05) is 10.5 Å². The summed E-state index contributed by atoms with van der Waals surface area (Å²) in [5.74, 6) is 0. The van der Waals surface area contributed by atoms with Crippen LogP contribution in [0.2, 0.25) is 0 Å². The van der Waals surface area contributed by atoms with E-state index >= 15 is 0 Å². The SMILES string of the molecule is O=S1c2ccccc2-c2nnsc2C1c1ccccc1. The van der Waals surface area contributed by atoms with Gasteiger partial charge in [-0.1, -0.05) is 53.0 Å². The number of aromatic nitrogens is 2. The van der Waals surface area contributed by atoms with Gasteiger partial charge in [0.2, 0.25) is 0 Å². The molecule has 2 aromatic carbocycles. The van der Waals surface area contributed by atoms with E-state index in [2.05, 4.69) is 9.59 Å². The first-order valence-corrected chi connectivity index (χ1v) is 8.22. The Kier molecular flexibility index (Phi) is 2.75. The van der Waals surface area contributed by atoms with Crippen LogP contribution < -0.4 is 0 Å². The first-order valence-electron chi connectivity index (χ1n) is 6.23. The summed E-state index contributed by atoms with van der Waals surface area (Å²) in [7, 11) is -1.11. The van der Waals surface area contributed by atoms with Crippen LogP contribution in [0.3, 0.4) is 0 Å². The third kappa shape index (κ3) is 1.67. The molecule has 0 radical (unpaired) electrons. The van der Waals surface area contributed by atoms with Gasteiger partial charge in [-0.25, -0.2) is 0 Å². The molecule has 20 heavy (non-hydrogen) atoms. The average molecular weight is 298 g/mol. The highest BCUT2D eigenvalue weighted by Gasteiger charge is 2.34. The topological polar surface area (TPSA) is 42.9 Å². The molecule has 0 N–H and O–H groups in total. The maximum atomic E-state index is 12.9. The largest absolute Gasteiger partial charge is 0.253 e. The highest BCUT2D eigenvalue weighted by molar-refractivity contribution is 7.86. The summed E-state index contributed by atoms with van der Waals surface area (Å²) >= 11 is 1.34. The van der Waals surface area contributed by atoms with Gasteiger partial charge >= 0.3 is 0 Å². The van der Waals surface area contributed by atoms with Gasteiger partial charge in [-0.05, 0) is 23.2 Å². The lowest BCUT2D eigenvalue weighted by molar-refractivity contribution is 0.678. The maximum absolute atomic E-state index is 12.9. The summed E-state index contributed by atoms with van der Waals surface area (Å²) in [5, 5.41) is 4.08. The summed E-state index contributed by atoms with van der Waals surface area (Å²) in [6.45, 7) is 0. The number of nitrogens with zero attached hydrogens (tertiary/aromatic N) is 2. The van der Waals surface area contributed by atoms with Crippen LogP contribution in [-0.4, -0.2) is 13.8 Å². The Labute approximate surface area is 122 Å². The lowest BCUT2D eigenvalue weighted by Crippen LogP contribution is -2.14. The molecule has 0 aliphatic carbocycles. The highest BCUT2D eigenvalue weighted by Crippen LogP contribution is 2.45. The Balaban J connectivity index is 1.99. The lowest BCUT2D eigenvalue weighted by atomic mass is 10.1. The Morgan fingerprint density at radius 3 is 2.60 bits per heavy atom. The lowest BCUT2D eigenvalue weighted by Gasteiger charge is -2.22. The number of hydrogen-bond donors (Lipinski definition) is 0. The van der Waals surface area contributed by atoms with Crippen LogP contribution >= 0.6 is 11.5 Å². The smallest absolute Gasteiger partial charge is 0.111 e. The predicted octanol–water partition coefficient (Wildman–Crippen LogP) is 3.42. The van der Waals surface area contributed by atoms with Crippen LogP contribution in [0.1, 0.15) is 15.7 Å². The van der Waals surface area contributed by atoms with E-state index in [0.29, 0.717) is 0 Å². The molecule has 0 spiro atoms. The summed E-state index contributed by atoms with van der Waals surface area (Å²) < 4.78 is 17.0. The Bertz CT molecular complexity index is 798. The Hall–Kier alpha value is -1.85. The standard InChI is InChI=1S/C15H10N2OS2/c18-20-12-9-5-4-8-11(12)13-14(19-17-16-13)15(20)10-6-2-1-3-7-10/h1-9,15H. The van der Waals surface area contributed by atoms with Gasteiger partial charge in [-0.2, -0.15) is 0 Å². The van der Waals surface area contributed by atoms with Crippen molar-refractivity contribution in [1.29, 1.82) is 0 Å². The van der Waals surface area contributed by atoms with E-state index in [1.165, 1.54) is 11.5 Å². The van der Waals surface area contributed by atoms with Crippen LogP contribution in [0.25, 0.3) is 11.3 Å². The second-order valence-corrected chi connectivity index (χ2v) is 6.86. The molecule has 1 aliphatic rings. The van der Waals surface area contributed by atoms with Crippen molar-refractivity contribution in [2.75, 3.05) is 0 Å². The van der Waals surface area contributed by atoms with Crippen LogP contribution in [0.5, 0.6) is 0 Å². The number of hydrogen-bond acceptors (Lipinski definition) is 4. The minimum atomic E-state index is -1.11. The van der Waals surface area contributed by atoms with Gasteiger partial charge in [0.15, 0.2) is 0 Å². The van der Waals surface area contributed by atoms with Crippen LogP contribution in [0.15, 0.2) is 59.5 Å². The zero-order valence-corrected chi connectivity index (χ0v) is 12.0. The van der Waals surface area contributed by atoms with Crippen molar-refractivity contribution in [2.45, 2.75) is 10.1 Å². The highest BCUT2D eigenvalue weighted by atomic mass is 32.2. The van der Waals surface area contributed by atoms with Crippen molar-refractivity contribution in [2.24, 2.45) is 0 Å². The first kappa shape index (κ1) is 11.9. The Morgan fingerprint density at radius 1 is 1.00 bits per heavy atom. The third-order valence-electron chi connectivity index (χ3n) is 3.43. The van der Waals surface area contributed by atoms with Crippen molar-refractivity contribution in [3.63, 3.8) is 0 Å². The van der Waals surface area contributed by atoms with Crippen molar-refractivity contribution in [1.82, 2.24) is 9.59 Å². The van der Waals surface area contributed by atoms with Crippen LogP contribution in [0, 0.1) is 0 Å². The first-order chi connectivity index (χ1) is 9.86. The Morgan fingerprint density at radius 2 is 1.75 bits per heavy atom. The number of fused-ring (bicyclic) bond motifs is 3. The molecule has 3 nitrogen and oxygen atoms in total. The molecule has 98 valence electrons. The molecular weight excluding hydrogens is 288 g/mol. The minimum absolute atomic E-state index is 0.166. The summed E-state index contributed by atoms with van der Waals surface area (Å²) in [4.78, 5) is 1.84. The predicted molar refractivity (Wildman–Crippen MR) is 80.0 cm³/mol. The summed E-state index contributed by atoms with van der Waals surface area (Å²) in [5.41, 5.74) is 2.87. The molecule has 5 heteroatoms. The molecule has 0 fully saturated rings. The van der Waals surface area contributed by atoms with Crippen LogP contribution in [0.4, 0.5) is 0 Å². The second-order valence-electron chi connectivity index (χ2n) is 4.57. The normalized spacial score (nSPS) is 20.2. The fourth-order valence-electron chi connectivity index (χ4n) is 2.52. The quantitative estimate of drug-likeness (QED) is 0.691. The van der Waals surface area contributed by atoms with Crippen molar-refractivity contribution in [3.8, 4) is 11.3 Å². The molecule has 0 saturated carbocycles. The maximum Gasteiger partial charge on any atom is 0.111 e. The van der Waals surface area contributed by atoms with Gasteiger partial charge in [0.05, 0.1) is 15.7 Å². The molecular formula is C15H10N2OS2. The molecule has 2 unspecified atom stereocenters. The molecule has 4 rings (SSSR count). The van der Waals surface area contributed by atoms with Crippen molar-refractivity contribution in [3.05, 3.63) is 65.0 Å². The van der Waals surface area contributed by atoms with Crippen LogP contribution in [-0.2, 0) is 10.8 Å². The minimum Gasteiger partial charge on any atom is -0.253 e.